The number of nitrogens with one attached hydrogen (secondary N) is 5. The minimum atomic E-state index is -1.01. The van der Waals surface area contributed by atoms with Gasteiger partial charge in [-0.25, -0.2) is 4.98 Å². The Hall–Kier alpha value is -5.13. The van der Waals surface area contributed by atoms with Crippen LogP contribution in [-0.2, 0) is 20.8 Å². The molecule has 45 heavy (non-hydrogen) atoms. The zero-order valence-electron chi connectivity index (χ0n) is 25.8. The second-order valence-corrected chi connectivity index (χ2v) is 11.4. The number of carbonyl (C=O) groups excluding carboxylic acids is 4. The molecule has 3 atom stereocenters. The Morgan fingerprint density at radius 3 is 2.40 bits per heavy atom. The number of pyridine rings is 1. The molecule has 0 fully saturated rings. The molecule has 12 nitrogen and oxygen atoms in total. The number of phenolic OH excluding ortho intramolecular Hbond substituents is 1. The van der Waals surface area contributed by atoms with Gasteiger partial charge in [0.25, 0.3) is 5.91 Å². The van der Waals surface area contributed by atoms with Gasteiger partial charge < -0.3 is 36.4 Å². The molecule has 0 saturated carbocycles. The first-order valence-corrected chi connectivity index (χ1v) is 15.0. The number of aryl methyl sites for hydroxylation is 1. The Morgan fingerprint density at radius 1 is 0.978 bits per heavy atom. The maximum absolute atomic E-state index is 13.3. The van der Waals surface area contributed by atoms with Gasteiger partial charge in [-0.05, 0) is 73.7 Å². The maximum atomic E-state index is 13.3. The van der Waals surface area contributed by atoms with Crippen molar-refractivity contribution >= 4 is 29.4 Å². The fraction of sp³-hybridized carbons (Fsp3) is 0.364. The van der Waals surface area contributed by atoms with Crippen LogP contribution in [0.25, 0.3) is 0 Å². The molecule has 4 amide bonds. The molecule has 0 unspecified atom stereocenters. The smallest absolute Gasteiger partial charge is 0.255 e. The first-order chi connectivity index (χ1) is 21.5. The van der Waals surface area contributed by atoms with E-state index in [1.807, 2.05) is 19.1 Å². The maximum Gasteiger partial charge on any atom is 0.255 e. The SMILES string of the molecule is Cc1ccc(NCCCNC(=O)[C@@H]2Cc3ccc(cc3)Oc3ccc(O)c(c3)C(=O)N[C@@H](C(C)C)C(=O)N[C@@H](C)C(=O)N2)nc1. The average molecular weight is 617 g/mol. The number of phenols is 1. The number of fused-ring (bicyclic) bond motifs is 11. The highest BCUT2D eigenvalue weighted by molar-refractivity contribution is 6.00. The summed E-state index contributed by atoms with van der Waals surface area (Å²) in [6.07, 6.45) is 2.59. The van der Waals surface area contributed by atoms with Crippen molar-refractivity contribution in [3.05, 3.63) is 77.5 Å². The van der Waals surface area contributed by atoms with E-state index in [2.05, 4.69) is 31.6 Å². The summed E-state index contributed by atoms with van der Waals surface area (Å²) in [6.45, 7) is 7.92. The van der Waals surface area contributed by atoms with E-state index in [-0.39, 0.29) is 29.6 Å². The topological polar surface area (TPSA) is 171 Å². The van der Waals surface area contributed by atoms with Gasteiger partial charge in [0, 0.05) is 25.7 Å². The molecule has 0 spiro atoms. The zero-order valence-corrected chi connectivity index (χ0v) is 25.8. The number of nitrogens with zero attached hydrogens (tertiary/aromatic N) is 1. The van der Waals surface area contributed by atoms with E-state index in [9.17, 15) is 24.3 Å². The monoisotopic (exact) mass is 616 g/mol. The molecule has 2 aromatic carbocycles. The molecule has 2 aliphatic heterocycles. The Labute approximate surface area is 262 Å². The lowest BCUT2D eigenvalue weighted by Crippen LogP contribution is -2.57. The number of amides is 4. The van der Waals surface area contributed by atoms with Gasteiger partial charge in [0.05, 0.1) is 5.56 Å². The number of benzene rings is 2. The van der Waals surface area contributed by atoms with Crippen LogP contribution in [0.15, 0.2) is 60.8 Å². The van der Waals surface area contributed by atoms with Crippen LogP contribution >= 0.6 is 0 Å². The molecule has 0 radical (unpaired) electrons. The van der Waals surface area contributed by atoms with Gasteiger partial charge in [-0.15, -0.1) is 0 Å². The summed E-state index contributed by atoms with van der Waals surface area (Å²) in [7, 11) is 0. The number of aromatic hydroxyl groups is 1. The molecular weight excluding hydrogens is 576 g/mol. The molecule has 4 bridgehead atoms. The van der Waals surface area contributed by atoms with Crippen molar-refractivity contribution < 1.29 is 29.0 Å². The van der Waals surface area contributed by atoms with Gasteiger partial charge in [-0.1, -0.05) is 32.0 Å². The van der Waals surface area contributed by atoms with Crippen LogP contribution in [0.1, 0.15) is 48.7 Å². The van der Waals surface area contributed by atoms with E-state index in [1.54, 1.807) is 44.3 Å². The Morgan fingerprint density at radius 2 is 1.71 bits per heavy atom. The second-order valence-electron chi connectivity index (χ2n) is 11.4. The molecule has 238 valence electrons. The first kappa shape index (κ1) is 32.8. The lowest BCUT2D eigenvalue weighted by Gasteiger charge is -2.25. The highest BCUT2D eigenvalue weighted by Crippen LogP contribution is 2.28. The van der Waals surface area contributed by atoms with Crippen molar-refractivity contribution in [1.29, 1.82) is 0 Å². The van der Waals surface area contributed by atoms with Gasteiger partial charge in [-0.2, -0.15) is 0 Å². The molecule has 0 aliphatic carbocycles. The Bertz CT molecular complexity index is 1510. The fourth-order valence-electron chi connectivity index (χ4n) is 4.67. The van der Waals surface area contributed by atoms with Crippen LogP contribution in [0.5, 0.6) is 17.2 Å². The van der Waals surface area contributed by atoms with Crippen LogP contribution < -0.4 is 31.3 Å². The highest BCUT2D eigenvalue weighted by Gasteiger charge is 2.30. The van der Waals surface area contributed by atoms with Crippen LogP contribution in [-0.4, -0.2) is 64.9 Å². The molecule has 5 rings (SSSR count). The zero-order chi connectivity index (χ0) is 32.5. The first-order valence-electron chi connectivity index (χ1n) is 15.0. The Kier molecular flexibility index (Phi) is 11.0. The summed E-state index contributed by atoms with van der Waals surface area (Å²) in [5, 5.41) is 24.5. The van der Waals surface area contributed by atoms with Crippen molar-refractivity contribution in [3.63, 3.8) is 0 Å². The van der Waals surface area contributed by atoms with Gasteiger partial charge in [0.15, 0.2) is 0 Å². The number of anilines is 1. The van der Waals surface area contributed by atoms with Crippen molar-refractivity contribution in [1.82, 2.24) is 26.3 Å². The van der Waals surface area contributed by atoms with E-state index in [0.29, 0.717) is 31.0 Å². The number of hydrogen-bond acceptors (Lipinski definition) is 8. The molecule has 2 aliphatic rings. The number of carbonyl (C=O) groups is 4. The average Bonchev–Trinajstić information content (AvgIpc) is 3.01. The number of hydrogen-bond donors (Lipinski definition) is 6. The minimum absolute atomic E-state index is 0.0640. The predicted octanol–water partition coefficient (Wildman–Crippen LogP) is 2.81. The van der Waals surface area contributed by atoms with Crippen LogP contribution in [0, 0.1) is 12.8 Å². The fourth-order valence-corrected chi connectivity index (χ4v) is 4.67. The number of rotatable bonds is 7. The third-order valence-corrected chi connectivity index (χ3v) is 7.30. The summed E-state index contributed by atoms with van der Waals surface area (Å²) in [5.41, 5.74) is 1.76. The van der Waals surface area contributed by atoms with E-state index in [4.69, 9.17) is 4.74 Å². The van der Waals surface area contributed by atoms with Gasteiger partial charge in [0.2, 0.25) is 17.7 Å². The van der Waals surface area contributed by atoms with Crippen LogP contribution in [0.4, 0.5) is 5.82 Å². The number of aromatic nitrogens is 1. The highest BCUT2D eigenvalue weighted by atomic mass is 16.5. The molecule has 6 N–H and O–H groups in total. The van der Waals surface area contributed by atoms with E-state index in [1.165, 1.54) is 25.1 Å². The van der Waals surface area contributed by atoms with Crippen LogP contribution in [0.3, 0.4) is 0 Å². The summed E-state index contributed by atoms with van der Waals surface area (Å²) >= 11 is 0. The lowest BCUT2D eigenvalue weighted by atomic mass is 10.0. The molecule has 3 aromatic rings. The van der Waals surface area contributed by atoms with Crippen molar-refractivity contribution in [2.45, 2.75) is 58.7 Å². The summed E-state index contributed by atoms with van der Waals surface area (Å²) in [5.74, 6) is -1.29. The molecular formula is C33H40N6O6. The predicted molar refractivity (Wildman–Crippen MR) is 169 cm³/mol. The molecule has 12 heteroatoms. The van der Waals surface area contributed by atoms with Gasteiger partial charge >= 0.3 is 0 Å². The van der Waals surface area contributed by atoms with Crippen LogP contribution in [0.2, 0.25) is 0 Å². The second kappa shape index (κ2) is 15.0. The van der Waals surface area contributed by atoms with Crippen molar-refractivity contribution in [2.75, 3.05) is 18.4 Å². The van der Waals surface area contributed by atoms with Crippen molar-refractivity contribution in [2.24, 2.45) is 5.92 Å². The van der Waals surface area contributed by atoms with E-state index < -0.39 is 35.8 Å². The normalized spacial score (nSPS) is 19.0. The summed E-state index contributed by atoms with van der Waals surface area (Å²) < 4.78 is 5.91. The third kappa shape index (κ3) is 9.18. The largest absolute Gasteiger partial charge is 0.507 e. The Balaban J connectivity index is 1.51. The standard InChI is InChI=1S/C33H40N6O6/c1-19(2)29-33(44)37-21(4)30(41)38-26(32(43)35-15-5-14-34-28-13-6-20(3)18-36-28)16-22-7-9-23(10-8-22)45-24-11-12-27(40)25(17-24)31(42)39-29/h6-13,17-19,21,26,29,40H,5,14-16H2,1-4H3,(H,34,36)(H,35,43)(H,37,44)(H,38,41)(H,39,42)/t21-,26-,29-/m0/s1. The summed E-state index contributed by atoms with van der Waals surface area (Å²) in [4.78, 5) is 57.1. The molecule has 1 aromatic heterocycles. The molecule has 3 heterocycles. The summed E-state index contributed by atoms with van der Waals surface area (Å²) in [6, 6.07) is 12.1. The quantitative estimate of drug-likeness (QED) is 0.174. The number of ether oxygens (including phenoxy) is 1. The van der Waals surface area contributed by atoms with Gasteiger partial charge in [-0.3, -0.25) is 19.2 Å². The lowest BCUT2D eigenvalue weighted by molar-refractivity contribution is -0.132. The minimum Gasteiger partial charge on any atom is -0.507 e. The van der Waals surface area contributed by atoms with Gasteiger partial charge in [0.1, 0.15) is 41.2 Å². The van der Waals surface area contributed by atoms with Crippen molar-refractivity contribution in [3.8, 4) is 17.2 Å². The van der Waals surface area contributed by atoms with E-state index in [0.717, 1.165) is 16.9 Å². The molecule has 0 saturated heterocycles. The third-order valence-electron chi connectivity index (χ3n) is 7.30. The van der Waals surface area contributed by atoms with E-state index >= 15 is 0 Å².